The van der Waals surface area contributed by atoms with Gasteiger partial charge in [0.15, 0.2) is 0 Å². The van der Waals surface area contributed by atoms with Crippen LogP contribution in [0.3, 0.4) is 0 Å². The molecule has 0 amide bonds. The molecule has 0 aromatic heterocycles. The predicted molar refractivity (Wildman–Crippen MR) is 55.8 cm³/mol. The van der Waals surface area contributed by atoms with E-state index in [4.69, 9.17) is 0 Å². The molecule has 0 radical (unpaired) electrons. The fourth-order valence-electron chi connectivity index (χ4n) is 2.30. The van der Waals surface area contributed by atoms with E-state index in [9.17, 15) is 5.11 Å². The average Bonchev–Trinajstić information content (AvgIpc) is 2.27. The third kappa shape index (κ3) is 2.44. The first kappa shape index (κ1) is 11.0. The van der Waals surface area contributed by atoms with Gasteiger partial charge in [0.2, 0.25) is 0 Å². The summed E-state index contributed by atoms with van der Waals surface area (Å²) in [5.74, 6) is 0. The Hall–Kier alpha value is -0.0800. The number of nitrogens with zero attached hydrogens (tertiary/aromatic N) is 1. The van der Waals surface area contributed by atoms with Crippen molar-refractivity contribution in [2.24, 2.45) is 0 Å². The number of likely N-dealkylation sites (tertiary alicyclic amines) is 1. The molecule has 0 spiro atoms. The largest absolute Gasteiger partial charge is 0.389 e. The van der Waals surface area contributed by atoms with Crippen LogP contribution in [0.5, 0.6) is 0 Å². The van der Waals surface area contributed by atoms with Gasteiger partial charge in [-0.3, -0.25) is 4.90 Å². The minimum absolute atomic E-state index is 0.182. The fraction of sp³-hybridized carbons (Fsp3) is 1.00. The lowest BCUT2D eigenvalue weighted by molar-refractivity contribution is -0.0323. The van der Waals surface area contributed by atoms with Crippen LogP contribution in [0.4, 0.5) is 0 Å². The summed E-state index contributed by atoms with van der Waals surface area (Å²) >= 11 is 0. The van der Waals surface area contributed by atoms with Crippen molar-refractivity contribution in [3.05, 3.63) is 0 Å². The van der Waals surface area contributed by atoms with Crippen molar-refractivity contribution in [3.63, 3.8) is 0 Å². The summed E-state index contributed by atoms with van der Waals surface area (Å²) in [6, 6.07) is 0.326. The van der Waals surface area contributed by atoms with Crippen molar-refractivity contribution < 1.29 is 5.11 Å². The molecule has 1 atom stereocenters. The normalized spacial score (nSPS) is 26.8. The van der Waals surface area contributed by atoms with Crippen LogP contribution in [0, 0.1) is 0 Å². The SMILES string of the molecule is CC(C)(O)C1CCCN1C(C)(C)C. The molecule has 0 aromatic carbocycles. The second kappa shape index (κ2) is 3.25. The molecular weight excluding hydrogens is 162 g/mol. The molecule has 1 N–H and O–H groups in total. The maximum atomic E-state index is 10.0. The van der Waals surface area contributed by atoms with E-state index >= 15 is 0 Å². The molecule has 2 nitrogen and oxygen atoms in total. The zero-order valence-corrected chi connectivity index (χ0v) is 9.59. The molecule has 1 rings (SSSR count). The summed E-state index contributed by atoms with van der Waals surface area (Å²) in [5.41, 5.74) is -0.384. The second-order valence-corrected chi connectivity index (χ2v) is 5.68. The standard InChI is InChI=1S/C11H23NO/c1-10(2,3)12-8-6-7-9(12)11(4,5)13/h9,13H,6-8H2,1-5H3. The van der Waals surface area contributed by atoms with E-state index in [1.54, 1.807) is 0 Å². The molecule has 0 aromatic rings. The van der Waals surface area contributed by atoms with Gasteiger partial charge in [0.05, 0.1) is 5.60 Å². The van der Waals surface area contributed by atoms with Gasteiger partial charge in [0.1, 0.15) is 0 Å². The molecule has 1 unspecified atom stereocenters. The molecule has 0 aliphatic carbocycles. The Balaban J connectivity index is 2.76. The Bertz CT molecular complexity index is 156. The summed E-state index contributed by atoms with van der Waals surface area (Å²) in [7, 11) is 0. The Kier molecular flexibility index (Phi) is 2.75. The van der Waals surface area contributed by atoms with Crippen molar-refractivity contribution in [2.75, 3.05) is 6.54 Å². The van der Waals surface area contributed by atoms with Crippen LogP contribution in [0.2, 0.25) is 0 Å². The fourth-order valence-corrected chi connectivity index (χ4v) is 2.30. The van der Waals surface area contributed by atoms with Gasteiger partial charge in [-0.15, -0.1) is 0 Å². The van der Waals surface area contributed by atoms with Crippen molar-refractivity contribution in [1.29, 1.82) is 0 Å². The highest BCUT2D eigenvalue weighted by Gasteiger charge is 2.40. The average molecular weight is 185 g/mol. The van der Waals surface area contributed by atoms with E-state index in [1.807, 2.05) is 13.8 Å². The molecule has 1 fully saturated rings. The third-order valence-corrected chi connectivity index (χ3v) is 2.93. The van der Waals surface area contributed by atoms with E-state index in [0.717, 1.165) is 13.0 Å². The van der Waals surface area contributed by atoms with E-state index in [2.05, 4.69) is 25.7 Å². The van der Waals surface area contributed by atoms with Gasteiger partial charge in [-0.1, -0.05) is 0 Å². The smallest absolute Gasteiger partial charge is 0.0746 e. The minimum atomic E-state index is -0.566. The first-order valence-electron chi connectivity index (χ1n) is 5.22. The van der Waals surface area contributed by atoms with Gasteiger partial charge >= 0.3 is 0 Å². The van der Waals surface area contributed by atoms with Gasteiger partial charge in [-0.2, -0.15) is 0 Å². The molecule has 1 aliphatic heterocycles. The van der Waals surface area contributed by atoms with Gasteiger partial charge in [0, 0.05) is 11.6 Å². The highest BCUT2D eigenvalue weighted by molar-refractivity contribution is 4.95. The van der Waals surface area contributed by atoms with E-state index < -0.39 is 5.60 Å². The Morgan fingerprint density at radius 2 is 1.69 bits per heavy atom. The maximum absolute atomic E-state index is 10.0. The summed E-state index contributed by atoms with van der Waals surface area (Å²) < 4.78 is 0. The Labute approximate surface area is 81.9 Å². The van der Waals surface area contributed by atoms with Gasteiger partial charge < -0.3 is 5.11 Å². The highest BCUT2D eigenvalue weighted by Crippen LogP contribution is 2.32. The summed E-state index contributed by atoms with van der Waals surface area (Å²) in [4.78, 5) is 2.42. The Morgan fingerprint density at radius 3 is 2.00 bits per heavy atom. The lowest BCUT2D eigenvalue weighted by atomic mass is 9.93. The molecule has 1 heterocycles. The first-order valence-corrected chi connectivity index (χ1v) is 5.22. The predicted octanol–water partition coefficient (Wildman–Crippen LogP) is 2.02. The van der Waals surface area contributed by atoms with Crippen LogP contribution in [0.25, 0.3) is 0 Å². The van der Waals surface area contributed by atoms with Crippen molar-refractivity contribution in [1.82, 2.24) is 4.90 Å². The van der Waals surface area contributed by atoms with Crippen LogP contribution < -0.4 is 0 Å². The van der Waals surface area contributed by atoms with E-state index in [-0.39, 0.29) is 5.54 Å². The van der Waals surface area contributed by atoms with Crippen molar-refractivity contribution in [2.45, 2.75) is 64.6 Å². The molecule has 2 heteroatoms. The van der Waals surface area contributed by atoms with Crippen LogP contribution in [-0.4, -0.2) is 33.7 Å². The van der Waals surface area contributed by atoms with Crippen LogP contribution in [0.15, 0.2) is 0 Å². The molecule has 78 valence electrons. The van der Waals surface area contributed by atoms with Gasteiger partial charge in [-0.05, 0) is 54.0 Å². The first-order chi connectivity index (χ1) is 5.73. The lowest BCUT2D eigenvalue weighted by Crippen LogP contribution is -2.53. The van der Waals surface area contributed by atoms with E-state index in [1.165, 1.54) is 6.42 Å². The summed E-state index contributed by atoms with van der Waals surface area (Å²) in [6.07, 6.45) is 2.34. The van der Waals surface area contributed by atoms with Crippen LogP contribution in [-0.2, 0) is 0 Å². The van der Waals surface area contributed by atoms with Gasteiger partial charge in [-0.25, -0.2) is 0 Å². The molecule has 0 bridgehead atoms. The zero-order chi connectivity index (χ0) is 10.3. The third-order valence-electron chi connectivity index (χ3n) is 2.93. The van der Waals surface area contributed by atoms with Gasteiger partial charge in [0.25, 0.3) is 0 Å². The molecule has 13 heavy (non-hydrogen) atoms. The van der Waals surface area contributed by atoms with Crippen LogP contribution in [0.1, 0.15) is 47.5 Å². The van der Waals surface area contributed by atoms with Crippen molar-refractivity contribution in [3.8, 4) is 0 Å². The van der Waals surface area contributed by atoms with E-state index in [0.29, 0.717) is 6.04 Å². The number of hydrogen-bond donors (Lipinski definition) is 1. The molecule has 1 aliphatic rings. The zero-order valence-electron chi connectivity index (χ0n) is 9.59. The Morgan fingerprint density at radius 1 is 1.15 bits per heavy atom. The quantitative estimate of drug-likeness (QED) is 0.675. The topological polar surface area (TPSA) is 23.5 Å². The number of hydrogen-bond acceptors (Lipinski definition) is 2. The number of rotatable bonds is 1. The van der Waals surface area contributed by atoms with Crippen LogP contribution >= 0.6 is 0 Å². The lowest BCUT2D eigenvalue weighted by Gasteiger charge is -2.42. The molecular formula is C11H23NO. The van der Waals surface area contributed by atoms with Crippen molar-refractivity contribution >= 4 is 0 Å². The second-order valence-electron chi connectivity index (χ2n) is 5.68. The maximum Gasteiger partial charge on any atom is 0.0746 e. The molecule has 0 saturated carbocycles. The molecule has 1 saturated heterocycles. The number of aliphatic hydroxyl groups is 1. The minimum Gasteiger partial charge on any atom is -0.389 e. The monoisotopic (exact) mass is 185 g/mol. The summed E-state index contributed by atoms with van der Waals surface area (Å²) in [6.45, 7) is 11.6. The highest BCUT2D eigenvalue weighted by atomic mass is 16.3. The summed E-state index contributed by atoms with van der Waals surface area (Å²) in [5, 5.41) is 10.0.